The molecule has 0 radical (unpaired) electrons. The average molecular weight is 361 g/mol. The van der Waals surface area contributed by atoms with Gasteiger partial charge in [-0.05, 0) is 42.7 Å². The lowest BCUT2D eigenvalue weighted by molar-refractivity contribution is -0.0893. The Morgan fingerprint density at radius 3 is 2.58 bits per heavy atom. The molecule has 4 atom stereocenters. The Labute approximate surface area is 152 Å². The number of aliphatic hydroxyl groups excluding tert-OH is 2. The van der Waals surface area contributed by atoms with Crippen LogP contribution in [0, 0.1) is 5.82 Å². The van der Waals surface area contributed by atoms with Crippen LogP contribution in [-0.2, 0) is 6.54 Å². The molecule has 6 heteroatoms. The molecule has 0 amide bonds. The van der Waals surface area contributed by atoms with Crippen molar-refractivity contribution in [1.82, 2.24) is 5.32 Å². The van der Waals surface area contributed by atoms with Crippen LogP contribution in [-0.4, -0.2) is 41.7 Å². The zero-order valence-corrected chi connectivity index (χ0v) is 14.6. The average Bonchev–Trinajstić information content (AvgIpc) is 2.65. The Morgan fingerprint density at radius 1 is 1.04 bits per heavy atom. The Bertz CT molecular complexity index is 726. The number of benzene rings is 2. The van der Waals surface area contributed by atoms with E-state index in [1.54, 1.807) is 19.2 Å². The number of halogens is 1. The first-order valence-electron chi connectivity index (χ1n) is 8.71. The third-order valence-corrected chi connectivity index (χ3v) is 4.69. The monoisotopic (exact) mass is 361 g/mol. The van der Waals surface area contributed by atoms with Crippen LogP contribution in [0.1, 0.15) is 18.4 Å². The highest BCUT2D eigenvalue weighted by Crippen LogP contribution is 2.25. The van der Waals surface area contributed by atoms with Gasteiger partial charge in [0.25, 0.3) is 0 Å². The maximum Gasteiger partial charge on any atom is 0.127 e. The summed E-state index contributed by atoms with van der Waals surface area (Å²) in [4.78, 5) is 0. The molecule has 1 aliphatic carbocycles. The molecule has 3 N–H and O–H groups in total. The molecule has 0 aliphatic heterocycles. The molecule has 140 valence electrons. The zero-order chi connectivity index (χ0) is 18.5. The van der Waals surface area contributed by atoms with Crippen molar-refractivity contribution in [3.8, 4) is 11.5 Å². The highest BCUT2D eigenvalue weighted by Gasteiger charge is 2.38. The van der Waals surface area contributed by atoms with E-state index in [9.17, 15) is 14.6 Å². The summed E-state index contributed by atoms with van der Waals surface area (Å²) in [6, 6.07) is 13.2. The smallest absolute Gasteiger partial charge is 0.127 e. The molecule has 2 aromatic rings. The van der Waals surface area contributed by atoms with E-state index in [0.717, 1.165) is 11.3 Å². The maximum atomic E-state index is 13.3. The van der Waals surface area contributed by atoms with Gasteiger partial charge in [0.1, 0.15) is 29.5 Å². The summed E-state index contributed by atoms with van der Waals surface area (Å²) >= 11 is 0. The first kappa shape index (κ1) is 18.6. The molecule has 1 saturated carbocycles. The van der Waals surface area contributed by atoms with E-state index in [-0.39, 0.29) is 6.04 Å². The number of hydrogen-bond donors (Lipinski definition) is 3. The molecule has 2 aromatic carbocycles. The van der Waals surface area contributed by atoms with Crippen molar-refractivity contribution in [2.45, 2.75) is 43.7 Å². The quantitative estimate of drug-likeness (QED) is 0.736. The van der Waals surface area contributed by atoms with Gasteiger partial charge >= 0.3 is 0 Å². The molecule has 26 heavy (non-hydrogen) atoms. The zero-order valence-electron chi connectivity index (χ0n) is 14.6. The topological polar surface area (TPSA) is 71.0 Å². The van der Waals surface area contributed by atoms with Crippen molar-refractivity contribution in [3.63, 3.8) is 0 Å². The molecule has 0 heterocycles. The third kappa shape index (κ3) is 4.52. The van der Waals surface area contributed by atoms with E-state index < -0.39 is 24.1 Å². The van der Waals surface area contributed by atoms with E-state index >= 15 is 0 Å². The van der Waals surface area contributed by atoms with E-state index in [1.807, 2.05) is 24.3 Å². The minimum atomic E-state index is -1.05. The number of nitrogens with one attached hydrogen (secondary N) is 1. The normalized spacial score (nSPS) is 25.7. The van der Waals surface area contributed by atoms with Crippen LogP contribution < -0.4 is 14.8 Å². The molecular formula is C20H24FNO4. The standard InChI is InChI=1S/C20H24FNO4/c1-25-15-6-2-4-13(10-15)12-22-17-8-9-18(20(24)19(17)23)26-16-7-3-5-14(21)11-16/h2-7,10-11,17-20,22-24H,8-9,12H2,1H3/t17-,18-,19-,20-/m1/s1. The van der Waals surface area contributed by atoms with Gasteiger partial charge in [0, 0.05) is 18.7 Å². The van der Waals surface area contributed by atoms with Gasteiger partial charge in [-0.1, -0.05) is 18.2 Å². The lowest BCUT2D eigenvalue weighted by Gasteiger charge is -2.38. The predicted octanol–water partition coefficient (Wildman–Crippen LogP) is 2.26. The van der Waals surface area contributed by atoms with Crippen molar-refractivity contribution in [3.05, 3.63) is 59.9 Å². The van der Waals surface area contributed by atoms with Crippen molar-refractivity contribution >= 4 is 0 Å². The molecule has 1 aliphatic rings. The minimum absolute atomic E-state index is 0.247. The molecule has 0 unspecified atom stereocenters. The van der Waals surface area contributed by atoms with Crippen LogP contribution in [0.2, 0.25) is 0 Å². The third-order valence-electron chi connectivity index (χ3n) is 4.69. The Balaban J connectivity index is 1.56. The van der Waals surface area contributed by atoms with Crippen LogP contribution in [0.4, 0.5) is 4.39 Å². The highest BCUT2D eigenvalue weighted by atomic mass is 19.1. The van der Waals surface area contributed by atoms with E-state index in [0.29, 0.717) is 25.1 Å². The number of ether oxygens (including phenoxy) is 2. The summed E-state index contributed by atoms with van der Waals surface area (Å²) in [5, 5.41) is 24.1. The number of aliphatic hydroxyl groups is 2. The SMILES string of the molecule is COc1cccc(CN[C@@H]2CC[C@@H](Oc3cccc(F)c3)[C@@H](O)[C@@H]2O)c1. The van der Waals surface area contributed by atoms with Gasteiger partial charge < -0.3 is 25.0 Å². The lowest BCUT2D eigenvalue weighted by Crippen LogP contribution is -2.55. The second-order valence-electron chi connectivity index (χ2n) is 6.51. The van der Waals surface area contributed by atoms with Crippen molar-refractivity contribution < 1.29 is 24.1 Å². The molecule has 3 rings (SSSR count). The summed E-state index contributed by atoms with van der Waals surface area (Å²) < 4.78 is 24.1. The molecule has 0 saturated heterocycles. The number of methoxy groups -OCH3 is 1. The summed E-state index contributed by atoms with van der Waals surface area (Å²) in [6.07, 6.45) is -1.38. The number of hydrogen-bond acceptors (Lipinski definition) is 5. The predicted molar refractivity (Wildman–Crippen MR) is 95.7 cm³/mol. The lowest BCUT2D eigenvalue weighted by atomic mass is 9.87. The Kier molecular flexibility index (Phi) is 6.08. The van der Waals surface area contributed by atoms with E-state index in [4.69, 9.17) is 9.47 Å². The molecular weight excluding hydrogens is 337 g/mol. The highest BCUT2D eigenvalue weighted by molar-refractivity contribution is 5.28. The molecule has 0 aromatic heterocycles. The minimum Gasteiger partial charge on any atom is -0.497 e. The van der Waals surface area contributed by atoms with Gasteiger partial charge in [-0.25, -0.2) is 4.39 Å². The molecule has 5 nitrogen and oxygen atoms in total. The van der Waals surface area contributed by atoms with Gasteiger partial charge in [0.05, 0.1) is 13.2 Å². The van der Waals surface area contributed by atoms with E-state index in [2.05, 4.69) is 5.32 Å². The first-order chi connectivity index (χ1) is 12.6. The van der Waals surface area contributed by atoms with Crippen LogP contribution in [0.25, 0.3) is 0 Å². The van der Waals surface area contributed by atoms with Crippen molar-refractivity contribution in [2.24, 2.45) is 0 Å². The Hall–Kier alpha value is -2.15. The second-order valence-corrected chi connectivity index (χ2v) is 6.51. The fourth-order valence-corrected chi connectivity index (χ4v) is 3.24. The van der Waals surface area contributed by atoms with Crippen LogP contribution >= 0.6 is 0 Å². The summed E-state index contributed by atoms with van der Waals surface area (Å²) in [5.74, 6) is 0.729. The first-order valence-corrected chi connectivity index (χ1v) is 8.71. The van der Waals surface area contributed by atoms with Gasteiger partial charge in [-0.15, -0.1) is 0 Å². The second kappa shape index (κ2) is 8.49. The fourth-order valence-electron chi connectivity index (χ4n) is 3.24. The fraction of sp³-hybridized carbons (Fsp3) is 0.400. The van der Waals surface area contributed by atoms with Crippen molar-refractivity contribution in [1.29, 1.82) is 0 Å². The van der Waals surface area contributed by atoms with Crippen LogP contribution in [0.15, 0.2) is 48.5 Å². The summed E-state index contributed by atoms with van der Waals surface area (Å²) in [5.41, 5.74) is 1.03. The van der Waals surface area contributed by atoms with Gasteiger partial charge in [-0.2, -0.15) is 0 Å². The Morgan fingerprint density at radius 2 is 1.81 bits per heavy atom. The largest absolute Gasteiger partial charge is 0.497 e. The van der Waals surface area contributed by atoms with Gasteiger partial charge in [-0.3, -0.25) is 0 Å². The van der Waals surface area contributed by atoms with Crippen molar-refractivity contribution in [2.75, 3.05) is 7.11 Å². The summed E-state index contributed by atoms with van der Waals surface area (Å²) in [6.45, 7) is 0.557. The molecule has 1 fully saturated rings. The molecule has 0 bridgehead atoms. The van der Waals surface area contributed by atoms with Crippen LogP contribution in [0.3, 0.4) is 0 Å². The summed E-state index contributed by atoms with van der Waals surface area (Å²) in [7, 11) is 1.62. The maximum absolute atomic E-state index is 13.3. The van der Waals surface area contributed by atoms with Crippen LogP contribution in [0.5, 0.6) is 11.5 Å². The van der Waals surface area contributed by atoms with E-state index in [1.165, 1.54) is 12.1 Å². The van der Waals surface area contributed by atoms with Gasteiger partial charge in [0.15, 0.2) is 0 Å². The molecule has 0 spiro atoms. The number of rotatable bonds is 6. The van der Waals surface area contributed by atoms with Gasteiger partial charge in [0.2, 0.25) is 0 Å².